The first-order chi connectivity index (χ1) is 6.92. The van der Waals surface area contributed by atoms with E-state index in [1.54, 1.807) is 0 Å². The van der Waals surface area contributed by atoms with Gasteiger partial charge in [-0.1, -0.05) is 48.5 Å². The van der Waals surface area contributed by atoms with E-state index in [1.165, 1.54) is 11.1 Å². The fourth-order valence-electron chi connectivity index (χ4n) is 1.50. The van der Waals surface area contributed by atoms with Crippen LogP contribution in [0.2, 0.25) is 0 Å². The van der Waals surface area contributed by atoms with Gasteiger partial charge in [-0.15, -0.1) is 0 Å². The van der Waals surface area contributed by atoms with Crippen molar-refractivity contribution in [1.29, 1.82) is 0 Å². The van der Waals surface area contributed by atoms with Crippen LogP contribution >= 0.6 is 0 Å². The second-order valence-corrected chi connectivity index (χ2v) is 3.47. The maximum atomic E-state index is 5.44. The molecule has 0 bridgehead atoms. The number of rotatable bonds is 2. The Kier molecular flexibility index (Phi) is 4.93. The molecule has 3 heteroatoms. The first kappa shape index (κ1) is 12.3. The predicted molar refractivity (Wildman–Crippen MR) is 61.1 cm³/mol. The predicted octanol–water partition coefficient (Wildman–Crippen LogP) is 2.28. The minimum atomic E-state index is 0. The van der Waals surface area contributed by atoms with E-state index >= 15 is 0 Å². The summed E-state index contributed by atoms with van der Waals surface area (Å²) in [5.74, 6) is 0.977. The Bertz CT molecular complexity index is 417. The number of benzene rings is 2. The van der Waals surface area contributed by atoms with Gasteiger partial charge in [-0.25, -0.2) is 0 Å². The van der Waals surface area contributed by atoms with Crippen LogP contribution < -0.4 is 3.79 Å². The van der Waals surface area contributed by atoms with Gasteiger partial charge < -0.3 is 3.79 Å². The van der Waals surface area contributed by atoms with Gasteiger partial charge in [0, 0.05) is 22.3 Å². The summed E-state index contributed by atoms with van der Waals surface area (Å²) in [6.07, 6.45) is 0. The molecule has 2 rings (SSSR count). The third-order valence-electron chi connectivity index (χ3n) is 2.19. The van der Waals surface area contributed by atoms with Crippen LogP contribution in [0.5, 0.6) is 5.75 Å². The topological polar surface area (TPSA) is 9.23 Å². The van der Waals surface area contributed by atoms with Gasteiger partial charge in [0.1, 0.15) is 0 Å². The van der Waals surface area contributed by atoms with Gasteiger partial charge in [0.15, 0.2) is 0 Å². The summed E-state index contributed by atoms with van der Waals surface area (Å²) in [5, 5.41) is 0. The summed E-state index contributed by atoms with van der Waals surface area (Å²) in [6.45, 7) is 0. The quantitative estimate of drug-likeness (QED) is 0.750. The molecular weight excluding hydrogens is 246 g/mol. The zero-order valence-electron chi connectivity index (χ0n) is 8.44. The second-order valence-electron chi connectivity index (χ2n) is 3.07. The molecular formula is C12H11AlCoO. The number of hydrogen-bond donors (Lipinski definition) is 0. The van der Waals surface area contributed by atoms with Crippen LogP contribution in [0.1, 0.15) is 0 Å². The molecule has 0 heterocycles. The van der Waals surface area contributed by atoms with Gasteiger partial charge in [0.2, 0.25) is 0 Å². The Labute approximate surface area is 108 Å². The van der Waals surface area contributed by atoms with Crippen molar-refractivity contribution in [3.63, 3.8) is 0 Å². The van der Waals surface area contributed by atoms with Gasteiger partial charge in [-0.2, -0.15) is 0 Å². The number of para-hydroxylation sites is 1. The summed E-state index contributed by atoms with van der Waals surface area (Å²) >= 11 is 0.726. The van der Waals surface area contributed by atoms with Crippen molar-refractivity contribution in [2.45, 2.75) is 0 Å². The molecule has 1 nitrogen and oxygen atoms in total. The molecule has 0 unspecified atom stereocenters. The molecule has 0 atom stereocenters. The van der Waals surface area contributed by atoms with Crippen molar-refractivity contribution < 1.29 is 20.6 Å². The average Bonchev–Trinajstić information content (AvgIpc) is 2.30. The van der Waals surface area contributed by atoms with Gasteiger partial charge in [-0.3, -0.25) is 0 Å². The summed E-state index contributed by atoms with van der Waals surface area (Å²) in [4.78, 5) is 0. The van der Waals surface area contributed by atoms with E-state index in [0.717, 1.165) is 22.4 Å². The van der Waals surface area contributed by atoms with Gasteiger partial charge in [-0.05, 0) is 11.6 Å². The summed E-state index contributed by atoms with van der Waals surface area (Å²) in [7, 11) is 0. The maximum Gasteiger partial charge on any atom is 0.496 e. The average molecular weight is 257 g/mol. The van der Waals surface area contributed by atoms with E-state index < -0.39 is 0 Å². The van der Waals surface area contributed by atoms with Crippen molar-refractivity contribution >= 4 is 16.6 Å². The SMILES string of the molecule is [AlH2][O]c1ccccc1-c1ccccc1.[Co]. The van der Waals surface area contributed by atoms with E-state index in [0.29, 0.717) is 0 Å². The fourth-order valence-corrected chi connectivity index (χ4v) is 1.86. The van der Waals surface area contributed by atoms with Gasteiger partial charge in [0.25, 0.3) is 0 Å². The minimum absolute atomic E-state index is 0. The van der Waals surface area contributed by atoms with Crippen LogP contribution in [0.4, 0.5) is 0 Å². The molecule has 0 aromatic heterocycles. The zero-order chi connectivity index (χ0) is 9.80. The Morgan fingerprint density at radius 3 is 2.07 bits per heavy atom. The summed E-state index contributed by atoms with van der Waals surface area (Å²) < 4.78 is 5.44. The Hall–Kier alpha value is -0.721. The molecule has 15 heavy (non-hydrogen) atoms. The molecule has 77 valence electrons. The van der Waals surface area contributed by atoms with Crippen LogP contribution in [0.25, 0.3) is 11.1 Å². The molecule has 0 aliphatic rings. The van der Waals surface area contributed by atoms with E-state index in [-0.39, 0.29) is 16.8 Å². The van der Waals surface area contributed by atoms with E-state index in [1.807, 2.05) is 36.4 Å². The summed E-state index contributed by atoms with van der Waals surface area (Å²) in [5.41, 5.74) is 2.38. The third-order valence-corrected chi connectivity index (χ3v) is 2.63. The molecule has 0 N–H and O–H groups in total. The van der Waals surface area contributed by atoms with Crippen LogP contribution in [-0.4, -0.2) is 16.6 Å². The van der Waals surface area contributed by atoms with E-state index in [4.69, 9.17) is 3.79 Å². The van der Waals surface area contributed by atoms with Crippen LogP contribution in [0.15, 0.2) is 54.6 Å². The first-order valence-electron chi connectivity index (χ1n) is 4.60. The molecule has 2 aromatic rings. The number of hydrogen-bond acceptors (Lipinski definition) is 1. The fraction of sp³-hybridized carbons (Fsp3) is 0. The normalized spacial score (nSPS) is 9.07. The van der Waals surface area contributed by atoms with Gasteiger partial charge >= 0.3 is 16.6 Å². The molecule has 0 amide bonds. The van der Waals surface area contributed by atoms with Crippen LogP contribution in [-0.2, 0) is 16.8 Å². The first-order valence-corrected chi connectivity index (χ1v) is 5.42. The van der Waals surface area contributed by atoms with Crippen LogP contribution in [0.3, 0.4) is 0 Å². The Morgan fingerprint density at radius 2 is 1.40 bits per heavy atom. The molecule has 0 fully saturated rings. The Morgan fingerprint density at radius 1 is 0.800 bits per heavy atom. The third kappa shape index (κ3) is 2.87. The monoisotopic (exact) mass is 257 g/mol. The largest absolute Gasteiger partial charge is 0.647 e. The van der Waals surface area contributed by atoms with E-state index in [2.05, 4.69) is 18.2 Å². The smallest absolute Gasteiger partial charge is 0.496 e. The van der Waals surface area contributed by atoms with E-state index in [9.17, 15) is 0 Å². The van der Waals surface area contributed by atoms with Crippen molar-refractivity contribution in [1.82, 2.24) is 0 Å². The molecule has 1 radical (unpaired) electrons. The zero-order valence-corrected chi connectivity index (χ0v) is 11.5. The van der Waals surface area contributed by atoms with Crippen molar-refractivity contribution in [2.24, 2.45) is 0 Å². The second kappa shape index (κ2) is 5.99. The Balaban J connectivity index is 0.00000112. The molecule has 0 aliphatic heterocycles. The maximum absolute atomic E-state index is 5.44. The minimum Gasteiger partial charge on any atom is -0.647 e. The van der Waals surface area contributed by atoms with Crippen molar-refractivity contribution in [3.8, 4) is 16.9 Å². The van der Waals surface area contributed by atoms with Crippen molar-refractivity contribution in [2.75, 3.05) is 0 Å². The molecule has 0 spiro atoms. The molecule has 0 aliphatic carbocycles. The molecule has 0 saturated heterocycles. The van der Waals surface area contributed by atoms with Crippen LogP contribution in [0, 0.1) is 0 Å². The summed E-state index contributed by atoms with van der Waals surface area (Å²) in [6, 6.07) is 18.4. The molecule has 0 saturated carbocycles. The van der Waals surface area contributed by atoms with Crippen molar-refractivity contribution in [3.05, 3.63) is 54.6 Å². The molecule has 2 aromatic carbocycles. The standard InChI is InChI=1S/C12H10O.Al.Co.2H/c13-12-9-5-4-8-11(12)10-6-2-1-3-7-10;;;;/h1-9,13H;;;;/q;+1;;;/p-1. The van der Waals surface area contributed by atoms with Gasteiger partial charge in [0.05, 0.1) is 5.75 Å².